The molecule has 3 heteroatoms. The van der Waals surface area contributed by atoms with E-state index in [1.54, 1.807) is 0 Å². The highest BCUT2D eigenvalue weighted by molar-refractivity contribution is 7.81. The Morgan fingerprint density at radius 3 is 1.65 bits per heavy atom. The Kier molecular flexibility index (Phi) is 6.25. The van der Waals surface area contributed by atoms with Crippen molar-refractivity contribution in [1.82, 2.24) is 4.90 Å². The first-order chi connectivity index (χ1) is 9.61. The van der Waals surface area contributed by atoms with Crippen molar-refractivity contribution in [2.75, 3.05) is 0 Å². The van der Waals surface area contributed by atoms with E-state index < -0.39 is 0 Å². The Morgan fingerprint density at radius 2 is 1.30 bits per heavy atom. The van der Waals surface area contributed by atoms with E-state index in [4.69, 9.17) is 0 Å². The molecule has 2 aliphatic rings. The van der Waals surface area contributed by atoms with E-state index in [1.807, 2.05) is 0 Å². The number of hydrogen-bond acceptors (Lipinski definition) is 2. The average Bonchev–Trinajstić information content (AvgIpc) is 2.48. The highest BCUT2D eigenvalue weighted by atomic mass is 32.1. The summed E-state index contributed by atoms with van der Waals surface area (Å²) in [6, 6.07) is 0.987. The quantitative estimate of drug-likeness (QED) is 0.761. The van der Waals surface area contributed by atoms with Crippen molar-refractivity contribution in [2.24, 2.45) is 5.92 Å². The standard InChI is InChI=1S/C17H31NOS/c1-13(2)16(20)17(19)18(14-9-5-3-6-10-14)15-11-7-4-8-12-15/h13-16,20H,3-12H2,1-2H3. The minimum atomic E-state index is -0.126. The molecule has 0 aromatic heterocycles. The van der Waals surface area contributed by atoms with Crippen LogP contribution in [0.15, 0.2) is 0 Å². The van der Waals surface area contributed by atoms with Gasteiger partial charge in [-0.1, -0.05) is 52.4 Å². The molecule has 0 aliphatic heterocycles. The second-order valence-corrected chi connectivity index (χ2v) is 7.57. The first-order valence-corrected chi connectivity index (χ1v) is 9.13. The molecule has 116 valence electrons. The summed E-state index contributed by atoms with van der Waals surface area (Å²) in [6.45, 7) is 4.21. The van der Waals surface area contributed by atoms with Crippen molar-refractivity contribution in [3.63, 3.8) is 0 Å². The van der Waals surface area contributed by atoms with E-state index in [1.165, 1.54) is 64.2 Å². The van der Waals surface area contributed by atoms with Crippen LogP contribution >= 0.6 is 12.6 Å². The van der Waals surface area contributed by atoms with Crippen LogP contribution in [0.2, 0.25) is 0 Å². The highest BCUT2D eigenvalue weighted by Gasteiger charge is 2.35. The lowest BCUT2D eigenvalue weighted by Gasteiger charge is -2.43. The third-order valence-electron chi connectivity index (χ3n) is 5.08. The van der Waals surface area contributed by atoms with Crippen LogP contribution in [0.3, 0.4) is 0 Å². The van der Waals surface area contributed by atoms with E-state index in [0.29, 0.717) is 23.9 Å². The van der Waals surface area contributed by atoms with Crippen LogP contribution in [0.25, 0.3) is 0 Å². The van der Waals surface area contributed by atoms with Crippen molar-refractivity contribution in [3.8, 4) is 0 Å². The van der Waals surface area contributed by atoms with Gasteiger partial charge in [0.25, 0.3) is 0 Å². The van der Waals surface area contributed by atoms with Crippen molar-refractivity contribution in [3.05, 3.63) is 0 Å². The zero-order valence-corrected chi connectivity index (χ0v) is 14.1. The fourth-order valence-corrected chi connectivity index (χ4v) is 3.95. The zero-order valence-electron chi connectivity index (χ0n) is 13.2. The summed E-state index contributed by atoms with van der Waals surface area (Å²) < 4.78 is 0. The van der Waals surface area contributed by atoms with Gasteiger partial charge in [0.05, 0.1) is 5.25 Å². The number of nitrogens with zero attached hydrogens (tertiary/aromatic N) is 1. The van der Waals surface area contributed by atoms with Crippen molar-refractivity contribution >= 4 is 18.5 Å². The summed E-state index contributed by atoms with van der Waals surface area (Å²) in [5.41, 5.74) is 0. The summed E-state index contributed by atoms with van der Waals surface area (Å²) in [7, 11) is 0. The van der Waals surface area contributed by atoms with Gasteiger partial charge in [0, 0.05) is 12.1 Å². The Balaban J connectivity index is 2.11. The van der Waals surface area contributed by atoms with Gasteiger partial charge in [-0.3, -0.25) is 4.79 Å². The van der Waals surface area contributed by atoms with Crippen molar-refractivity contribution in [1.29, 1.82) is 0 Å². The normalized spacial score (nSPS) is 23.8. The molecule has 0 aromatic rings. The van der Waals surface area contributed by atoms with Gasteiger partial charge in [0.2, 0.25) is 5.91 Å². The molecule has 2 rings (SSSR count). The number of carbonyl (C=O) groups excluding carboxylic acids is 1. The van der Waals surface area contributed by atoms with E-state index in [9.17, 15) is 4.79 Å². The average molecular weight is 298 g/mol. The fraction of sp³-hybridized carbons (Fsp3) is 0.941. The second-order valence-electron chi connectivity index (χ2n) is 7.02. The van der Waals surface area contributed by atoms with E-state index in [-0.39, 0.29) is 5.25 Å². The van der Waals surface area contributed by atoms with Crippen LogP contribution in [0.1, 0.15) is 78.1 Å². The maximum absolute atomic E-state index is 12.9. The van der Waals surface area contributed by atoms with E-state index >= 15 is 0 Å². The minimum Gasteiger partial charge on any atom is -0.336 e. The number of carbonyl (C=O) groups is 1. The summed E-state index contributed by atoms with van der Waals surface area (Å²) >= 11 is 4.61. The fourth-order valence-electron chi connectivity index (χ4n) is 3.81. The first-order valence-electron chi connectivity index (χ1n) is 8.61. The molecule has 0 aromatic carbocycles. The second kappa shape index (κ2) is 7.72. The number of rotatable bonds is 4. The van der Waals surface area contributed by atoms with Gasteiger partial charge in [-0.25, -0.2) is 0 Å². The summed E-state index contributed by atoms with van der Waals surface area (Å²) in [5, 5.41) is -0.126. The lowest BCUT2D eigenvalue weighted by molar-refractivity contribution is -0.138. The van der Waals surface area contributed by atoms with E-state index in [2.05, 4.69) is 31.4 Å². The van der Waals surface area contributed by atoms with Gasteiger partial charge in [0.15, 0.2) is 0 Å². The highest BCUT2D eigenvalue weighted by Crippen LogP contribution is 2.32. The Morgan fingerprint density at radius 1 is 0.900 bits per heavy atom. The van der Waals surface area contributed by atoms with E-state index in [0.717, 1.165) is 0 Å². The molecule has 2 nitrogen and oxygen atoms in total. The third kappa shape index (κ3) is 3.93. The summed E-state index contributed by atoms with van der Waals surface area (Å²) in [4.78, 5) is 15.2. The topological polar surface area (TPSA) is 20.3 Å². The Hall–Kier alpha value is -0.180. The van der Waals surface area contributed by atoms with Gasteiger partial charge < -0.3 is 4.90 Å². The van der Waals surface area contributed by atoms with Crippen molar-refractivity contribution in [2.45, 2.75) is 95.4 Å². The lowest BCUT2D eigenvalue weighted by atomic mass is 9.88. The lowest BCUT2D eigenvalue weighted by Crippen LogP contribution is -2.52. The molecule has 1 atom stereocenters. The molecular formula is C17H31NOS. The van der Waals surface area contributed by atoms with Crippen LogP contribution in [0, 0.1) is 5.92 Å². The van der Waals surface area contributed by atoms with Gasteiger partial charge >= 0.3 is 0 Å². The predicted molar refractivity (Wildman–Crippen MR) is 88.2 cm³/mol. The van der Waals surface area contributed by atoms with Gasteiger partial charge in [0.1, 0.15) is 0 Å². The Labute approximate surface area is 130 Å². The molecule has 0 heterocycles. The number of amides is 1. The number of hydrogen-bond donors (Lipinski definition) is 1. The maximum Gasteiger partial charge on any atom is 0.236 e. The van der Waals surface area contributed by atoms with Crippen LogP contribution in [-0.2, 0) is 4.79 Å². The molecule has 0 radical (unpaired) electrons. The first kappa shape index (κ1) is 16.2. The van der Waals surface area contributed by atoms with Crippen LogP contribution < -0.4 is 0 Å². The van der Waals surface area contributed by atoms with Gasteiger partial charge in [-0.05, 0) is 31.6 Å². The molecule has 0 spiro atoms. The molecule has 2 aliphatic carbocycles. The smallest absolute Gasteiger partial charge is 0.236 e. The molecule has 1 amide bonds. The SMILES string of the molecule is CC(C)C(S)C(=O)N(C1CCCCC1)C1CCCCC1. The van der Waals surface area contributed by atoms with Crippen LogP contribution in [-0.4, -0.2) is 28.1 Å². The summed E-state index contributed by atoms with van der Waals surface area (Å²) in [6.07, 6.45) is 12.7. The minimum absolute atomic E-state index is 0.126. The van der Waals surface area contributed by atoms with Crippen molar-refractivity contribution < 1.29 is 4.79 Å². The largest absolute Gasteiger partial charge is 0.336 e. The number of thiol groups is 1. The molecule has 2 saturated carbocycles. The van der Waals surface area contributed by atoms with Gasteiger partial charge in [-0.15, -0.1) is 0 Å². The molecule has 0 saturated heterocycles. The van der Waals surface area contributed by atoms with Gasteiger partial charge in [-0.2, -0.15) is 12.6 Å². The molecular weight excluding hydrogens is 266 g/mol. The van der Waals surface area contributed by atoms with Crippen LogP contribution in [0.4, 0.5) is 0 Å². The molecule has 20 heavy (non-hydrogen) atoms. The Bertz CT molecular complexity index is 288. The molecule has 0 N–H and O–H groups in total. The monoisotopic (exact) mass is 297 g/mol. The summed E-state index contributed by atoms with van der Waals surface area (Å²) in [5.74, 6) is 0.627. The predicted octanol–water partition coefficient (Wildman–Crippen LogP) is 4.43. The molecule has 0 bridgehead atoms. The molecule has 2 fully saturated rings. The zero-order chi connectivity index (χ0) is 14.5. The molecule has 1 unspecified atom stereocenters. The third-order valence-corrected chi connectivity index (χ3v) is 5.89. The van der Waals surface area contributed by atoms with Crippen LogP contribution in [0.5, 0.6) is 0 Å². The maximum atomic E-state index is 12.9.